The lowest BCUT2D eigenvalue weighted by molar-refractivity contribution is -0.121. The summed E-state index contributed by atoms with van der Waals surface area (Å²) in [6, 6.07) is 13.3. The number of halogens is 3. The summed E-state index contributed by atoms with van der Waals surface area (Å²) in [7, 11) is 1.70. The second-order valence-electron chi connectivity index (χ2n) is 11.1. The van der Waals surface area contributed by atoms with Crippen LogP contribution in [-0.2, 0) is 16.0 Å². The first-order chi connectivity index (χ1) is 22.2. The molecule has 1 atom stereocenters. The minimum atomic E-state index is -1.12. The number of piperidine rings is 1. The molecule has 10 nitrogen and oxygen atoms in total. The Morgan fingerprint density at radius 2 is 1.78 bits per heavy atom. The Bertz CT molecular complexity index is 1810. The minimum absolute atomic E-state index is 0.0494. The third-order valence-corrected chi connectivity index (χ3v) is 8.73. The number of nitrogens with one attached hydrogen (secondary N) is 1. The van der Waals surface area contributed by atoms with Crippen molar-refractivity contribution >= 4 is 40.8 Å². The molecule has 2 aliphatic rings. The first-order valence-electron chi connectivity index (χ1n) is 14.6. The number of fused-ring (bicyclic) bond motifs is 1. The van der Waals surface area contributed by atoms with Crippen LogP contribution in [0.3, 0.4) is 0 Å². The van der Waals surface area contributed by atoms with Gasteiger partial charge in [0, 0.05) is 44.2 Å². The van der Waals surface area contributed by atoms with Gasteiger partial charge in [0.25, 0.3) is 11.8 Å². The average Bonchev–Trinajstić information content (AvgIpc) is 3.55. The van der Waals surface area contributed by atoms with Gasteiger partial charge in [-0.3, -0.25) is 9.59 Å². The van der Waals surface area contributed by atoms with Crippen LogP contribution in [0.25, 0.3) is 11.3 Å². The molecular weight excluding hydrogens is 622 g/mol. The summed E-state index contributed by atoms with van der Waals surface area (Å²) in [4.78, 5) is 42.8. The Balaban J connectivity index is 1.35. The maximum absolute atomic E-state index is 14.7. The lowest BCUT2D eigenvalue weighted by atomic mass is 9.89. The van der Waals surface area contributed by atoms with Crippen LogP contribution in [0.5, 0.6) is 0 Å². The van der Waals surface area contributed by atoms with E-state index in [2.05, 4.69) is 15.4 Å². The van der Waals surface area contributed by atoms with E-state index < -0.39 is 41.0 Å². The SMILES string of the molecule is COC1CCN(c2cccc3c2CCN(C(=O)c2cc(-c4c(F)ccc(Cl)c4F)no2)C3C(=O)Nc2ccc(C(=O)O)cc2)CC1. The number of carbonyl (C=O) groups is 3. The second-order valence-corrected chi connectivity index (χ2v) is 11.5. The number of methoxy groups -OCH3 is 1. The molecule has 2 N–H and O–H groups in total. The van der Waals surface area contributed by atoms with Crippen molar-refractivity contribution in [2.75, 3.05) is 37.0 Å². The minimum Gasteiger partial charge on any atom is -0.478 e. The third-order valence-electron chi connectivity index (χ3n) is 8.44. The van der Waals surface area contributed by atoms with Crippen molar-refractivity contribution in [3.05, 3.63) is 99.8 Å². The predicted molar refractivity (Wildman–Crippen MR) is 165 cm³/mol. The zero-order chi connectivity index (χ0) is 32.5. The molecule has 0 spiro atoms. The molecule has 6 rings (SSSR count). The summed E-state index contributed by atoms with van der Waals surface area (Å²) in [5.74, 6) is -4.66. The highest BCUT2D eigenvalue weighted by atomic mass is 35.5. The molecule has 4 aromatic rings. The first-order valence-corrected chi connectivity index (χ1v) is 15.0. The first kappa shape index (κ1) is 31.2. The van der Waals surface area contributed by atoms with Gasteiger partial charge in [-0.05, 0) is 72.9 Å². The number of rotatable bonds is 7. The van der Waals surface area contributed by atoms with E-state index in [-0.39, 0.29) is 34.7 Å². The fourth-order valence-electron chi connectivity index (χ4n) is 6.08. The summed E-state index contributed by atoms with van der Waals surface area (Å²) in [6.45, 7) is 1.66. The summed E-state index contributed by atoms with van der Waals surface area (Å²) in [5, 5.41) is 15.5. The monoisotopic (exact) mass is 650 g/mol. The number of hydrogen-bond donors (Lipinski definition) is 2. The summed E-state index contributed by atoms with van der Waals surface area (Å²) >= 11 is 5.84. The van der Waals surface area contributed by atoms with E-state index >= 15 is 0 Å². The van der Waals surface area contributed by atoms with Crippen molar-refractivity contribution in [2.45, 2.75) is 31.4 Å². The number of hydrogen-bond acceptors (Lipinski definition) is 7. The molecule has 2 amide bonds. The van der Waals surface area contributed by atoms with E-state index in [1.165, 1.54) is 29.2 Å². The van der Waals surface area contributed by atoms with Gasteiger partial charge in [0.1, 0.15) is 17.6 Å². The molecule has 0 bridgehead atoms. The van der Waals surface area contributed by atoms with Crippen molar-refractivity contribution in [1.29, 1.82) is 0 Å². The summed E-state index contributed by atoms with van der Waals surface area (Å²) < 4.78 is 40.1. The van der Waals surface area contributed by atoms with Gasteiger partial charge in [-0.1, -0.05) is 28.9 Å². The second kappa shape index (κ2) is 12.9. The van der Waals surface area contributed by atoms with Crippen LogP contribution in [-0.4, -0.2) is 65.8 Å². The zero-order valence-electron chi connectivity index (χ0n) is 24.6. The van der Waals surface area contributed by atoms with Crippen LogP contribution in [0.1, 0.15) is 50.9 Å². The van der Waals surface area contributed by atoms with Gasteiger partial charge in [0.05, 0.1) is 22.3 Å². The molecule has 46 heavy (non-hydrogen) atoms. The van der Waals surface area contributed by atoms with E-state index in [1.54, 1.807) is 13.2 Å². The third kappa shape index (κ3) is 5.93. The Morgan fingerprint density at radius 1 is 1.04 bits per heavy atom. The quantitative estimate of drug-likeness (QED) is 0.235. The number of amides is 2. The molecule has 1 saturated heterocycles. The van der Waals surface area contributed by atoms with E-state index in [0.29, 0.717) is 17.7 Å². The number of carboxylic acids is 1. The van der Waals surface area contributed by atoms with Crippen LogP contribution >= 0.6 is 11.6 Å². The Kier molecular flexibility index (Phi) is 8.74. The van der Waals surface area contributed by atoms with Gasteiger partial charge in [0.2, 0.25) is 5.76 Å². The van der Waals surface area contributed by atoms with Crippen molar-refractivity contribution in [2.24, 2.45) is 0 Å². The molecule has 1 unspecified atom stereocenters. The Hall–Kier alpha value is -4.81. The van der Waals surface area contributed by atoms with Gasteiger partial charge in [0.15, 0.2) is 5.82 Å². The number of nitrogens with zero attached hydrogens (tertiary/aromatic N) is 3. The van der Waals surface area contributed by atoms with Gasteiger partial charge >= 0.3 is 5.97 Å². The van der Waals surface area contributed by atoms with Crippen LogP contribution < -0.4 is 10.2 Å². The molecule has 0 saturated carbocycles. The van der Waals surface area contributed by atoms with Crippen LogP contribution in [0.15, 0.2) is 65.2 Å². The molecule has 0 aliphatic carbocycles. The topological polar surface area (TPSA) is 125 Å². The Labute approximate surface area is 267 Å². The average molecular weight is 651 g/mol. The summed E-state index contributed by atoms with van der Waals surface area (Å²) in [6.07, 6.45) is 2.30. The number of anilines is 2. The van der Waals surface area contributed by atoms with E-state index in [4.69, 9.17) is 20.9 Å². The number of carbonyl (C=O) groups excluding carboxylic acids is 2. The molecular formula is C33H29ClF2N4O6. The number of carboxylic acid groups (broad SMARTS) is 1. The molecule has 238 valence electrons. The number of aromatic nitrogens is 1. The van der Waals surface area contributed by atoms with Crippen molar-refractivity contribution in [3.63, 3.8) is 0 Å². The fraction of sp³-hybridized carbons (Fsp3) is 0.273. The molecule has 0 radical (unpaired) electrons. The molecule has 2 aliphatic heterocycles. The number of ether oxygens (including phenoxy) is 1. The maximum atomic E-state index is 14.7. The standard InChI is InChI=1S/C33H29ClF2N4O6/c1-45-20-11-14-39(15-12-20)26-4-2-3-22-21(26)13-16-40(30(22)31(41)37-19-7-5-18(6-8-19)33(43)44)32(42)27-17-25(38-46-27)28-24(35)10-9-23(34)29(28)36/h2-10,17,20,30H,11-16H2,1H3,(H,37,41)(H,43,44). The number of benzene rings is 3. The largest absolute Gasteiger partial charge is 0.478 e. The van der Waals surface area contributed by atoms with Gasteiger partial charge in [-0.25, -0.2) is 13.6 Å². The van der Waals surface area contributed by atoms with Crippen LogP contribution in [0, 0.1) is 11.6 Å². The normalized spacial score (nSPS) is 16.7. The summed E-state index contributed by atoms with van der Waals surface area (Å²) in [5.41, 5.74) is 2.08. The molecule has 1 aromatic heterocycles. The zero-order valence-corrected chi connectivity index (χ0v) is 25.4. The maximum Gasteiger partial charge on any atom is 0.335 e. The van der Waals surface area contributed by atoms with E-state index in [1.807, 2.05) is 12.1 Å². The molecule has 3 aromatic carbocycles. The predicted octanol–water partition coefficient (Wildman–Crippen LogP) is 5.96. The van der Waals surface area contributed by atoms with Crippen molar-refractivity contribution < 1.29 is 37.5 Å². The van der Waals surface area contributed by atoms with Gasteiger partial charge < -0.3 is 29.5 Å². The lowest BCUT2D eigenvalue weighted by Crippen LogP contribution is -2.46. The molecule has 3 heterocycles. The fourth-order valence-corrected chi connectivity index (χ4v) is 6.24. The smallest absolute Gasteiger partial charge is 0.335 e. The highest BCUT2D eigenvalue weighted by molar-refractivity contribution is 6.31. The van der Waals surface area contributed by atoms with E-state index in [0.717, 1.165) is 55.4 Å². The van der Waals surface area contributed by atoms with Crippen molar-refractivity contribution in [3.8, 4) is 11.3 Å². The van der Waals surface area contributed by atoms with E-state index in [9.17, 15) is 28.3 Å². The van der Waals surface area contributed by atoms with Crippen LogP contribution in [0.2, 0.25) is 5.02 Å². The molecule has 13 heteroatoms. The highest BCUT2D eigenvalue weighted by Crippen LogP contribution is 2.39. The van der Waals surface area contributed by atoms with Crippen molar-refractivity contribution in [1.82, 2.24) is 10.1 Å². The Morgan fingerprint density at radius 3 is 2.48 bits per heavy atom. The van der Waals surface area contributed by atoms with Gasteiger partial charge in [-0.2, -0.15) is 0 Å². The lowest BCUT2D eigenvalue weighted by Gasteiger charge is -2.39. The number of aromatic carboxylic acids is 1. The van der Waals surface area contributed by atoms with Gasteiger partial charge in [-0.15, -0.1) is 0 Å². The molecule has 1 fully saturated rings. The highest BCUT2D eigenvalue weighted by Gasteiger charge is 2.39. The van der Waals surface area contributed by atoms with Crippen LogP contribution in [0.4, 0.5) is 20.2 Å².